The standard InChI is InChI=1S/C26H27N5O4/c1-14(2)11-18-24(34)31-19-10-6-4-8-16(19)26(35,25(31)29-18)12-20-22(32)27-13-21-28-17-9-5-3-7-15(17)23(33)30(20)21/h3-10,14,18,20,25,29,35H,11-13H2,1-2H3,(H,27,32)/t18-,20+,25-,26+/m1/s1. The van der Waals surface area contributed by atoms with E-state index in [9.17, 15) is 19.5 Å². The van der Waals surface area contributed by atoms with Crippen LogP contribution in [0.15, 0.2) is 53.3 Å². The first-order chi connectivity index (χ1) is 16.8. The minimum atomic E-state index is -1.58. The highest BCUT2D eigenvalue weighted by atomic mass is 16.3. The summed E-state index contributed by atoms with van der Waals surface area (Å²) in [5, 5.41) is 18.8. The Kier molecular flexibility index (Phi) is 4.84. The molecule has 3 N–H and O–H groups in total. The molecule has 0 radical (unpaired) electrons. The predicted molar refractivity (Wildman–Crippen MR) is 129 cm³/mol. The molecule has 35 heavy (non-hydrogen) atoms. The van der Waals surface area contributed by atoms with Gasteiger partial charge in [-0.1, -0.05) is 44.2 Å². The van der Waals surface area contributed by atoms with Gasteiger partial charge >= 0.3 is 0 Å². The van der Waals surface area contributed by atoms with E-state index in [4.69, 9.17) is 0 Å². The lowest BCUT2D eigenvalue weighted by Crippen LogP contribution is -2.53. The predicted octanol–water partition coefficient (Wildman–Crippen LogP) is 1.54. The number of carbonyl (C=O) groups is 2. The topological polar surface area (TPSA) is 117 Å². The molecule has 1 aromatic heterocycles. The second-order valence-electron chi connectivity index (χ2n) is 10.1. The third-order valence-electron chi connectivity index (χ3n) is 7.36. The Morgan fingerprint density at radius 1 is 1.11 bits per heavy atom. The zero-order chi connectivity index (χ0) is 24.5. The summed E-state index contributed by atoms with van der Waals surface area (Å²) in [7, 11) is 0. The molecule has 3 aromatic rings. The van der Waals surface area contributed by atoms with Crippen molar-refractivity contribution in [3.8, 4) is 0 Å². The summed E-state index contributed by atoms with van der Waals surface area (Å²) in [4.78, 5) is 46.2. The summed E-state index contributed by atoms with van der Waals surface area (Å²) >= 11 is 0. The maximum atomic E-state index is 13.5. The van der Waals surface area contributed by atoms with Crippen molar-refractivity contribution < 1.29 is 14.7 Å². The summed E-state index contributed by atoms with van der Waals surface area (Å²) in [6.07, 6.45) is -0.191. The molecule has 0 aliphatic carbocycles. The Balaban J connectivity index is 1.46. The van der Waals surface area contributed by atoms with E-state index < -0.39 is 23.9 Å². The fourth-order valence-electron chi connectivity index (χ4n) is 5.82. The van der Waals surface area contributed by atoms with E-state index in [1.165, 1.54) is 4.57 Å². The first kappa shape index (κ1) is 21.9. The van der Waals surface area contributed by atoms with E-state index in [-0.39, 0.29) is 36.3 Å². The van der Waals surface area contributed by atoms with Crippen LogP contribution in [0.5, 0.6) is 0 Å². The van der Waals surface area contributed by atoms with Gasteiger partial charge in [0.05, 0.1) is 29.2 Å². The molecular weight excluding hydrogens is 446 g/mol. The van der Waals surface area contributed by atoms with Crippen LogP contribution in [0.25, 0.3) is 10.9 Å². The number of hydrogen-bond donors (Lipinski definition) is 3. The van der Waals surface area contributed by atoms with Gasteiger partial charge in [0.15, 0.2) is 0 Å². The molecule has 9 nitrogen and oxygen atoms in total. The van der Waals surface area contributed by atoms with Gasteiger partial charge in [-0.2, -0.15) is 0 Å². The lowest BCUT2D eigenvalue weighted by molar-refractivity contribution is -0.128. The number of amides is 2. The van der Waals surface area contributed by atoms with Gasteiger partial charge in [0.1, 0.15) is 23.6 Å². The van der Waals surface area contributed by atoms with Crippen LogP contribution >= 0.6 is 0 Å². The fourth-order valence-corrected chi connectivity index (χ4v) is 5.82. The van der Waals surface area contributed by atoms with E-state index in [1.54, 1.807) is 35.2 Å². The maximum Gasteiger partial charge on any atom is 0.262 e. The Morgan fingerprint density at radius 3 is 2.66 bits per heavy atom. The Hall–Kier alpha value is -3.56. The lowest BCUT2D eigenvalue weighted by Gasteiger charge is -2.36. The molecule has 0 spiro atoms. The fraction of sp³-hybridized carbons (Fsp3) is 0.385. The number of para-hydroxylation sites is 2. The minimum absolute atomic E-state index is 0.0847. The number of hydrogen-bond acceptors (Lipinski definition) is 6. The largest absolute Gasteiger partial charge is 0.381 e. The monoisotopic (exact) mass is 473 g/mol. The summed E-state index contributed by atoms with van der Waals surface area (Å²) in [6.45, 7) is 4.23. The van der Waals surface area contributed by atoms with E-state index in [0.29, 0.717) is 34.4 Å². The van der Waals surface area contributed by atoms with Gasteiger partial charge in [0.2, 0.25) is 11.8 Å². The molecule has 4 heterocycles. The van der Waals surface area contributed by atoms with Crippen LogP contribution < -0.4 is 21.1 Å². The van der Waals surface area contributed by atoms with Crippen LogP contribution in [0.4, 0.5) is 5.69 Å². The van der Waals surface area contributed by atoms with Crippen LogP contribution in [0.1, 0.15) is 44.1 Å². The van der Waals surface area contributed by atoms with Crippen LogP contribution in [-0.4, -0.2) is 38.7 Å². The summed E-state index contributed by atoms with van der Waals surface area (Å²) in [6, 6.07) is 12.8. The number of nitrogens with zero attached hydrogens (tertiary/aromatic N) is 3. The summed E-state index contributed by atoms with van der Waals surface area (Å²) in [5.74, 6) is 0.279. The molecule has 2 aromatic carbocycles. The zero-order valence-corrected chi connectivity index (χ0v) is 19.6. The third kappa shape index (κ3) is 3.15. The second kappa shape index (κ2) is 7.73. The van der Waals surface area contributed by atoms with E-state index in [1.807, 2.05) is 32.0 Å². The van der Waals surface area contributed by atoms with E-state index in [2.05, 4.69) is 15.6 Å². The molecule has 0 saturated carbocycles. The van der Waals surface area contributed by atoms with Gasteiger partial charge in [0, 0.05) is 12.0 Å². The Bertz CT molecular complexity index is 1430. The van der Waals surface area contributed by atoms with E-state index >= 15 is 0 Å². The SMILES string of the molecule is CC(C)C[C@H]1N[C@@H]2N(C1=O)c1ccccc1[C@@]2(O)C[C@H]1C(=O)NCc2nc3ccccc3c(=O)n21. The maximum absolute atomic E-state index is 13.5. The number of aliphatic hydroxyl groups is 1. The van der Waals surface area contributed by atoms with Gasteiger partial charge < -0.3 is 10.4 Å². The molecule has 6 rings (SSSR count). The van der Waals surface area contributed by atoms with Crippen LogP contribution in [0, 0.1) is 5.92 Å². The van der Waals surface area contributed by atoms with Crippen molar-refractivity contribution in [2.45, 2.75) is 57.1 Å². The van der Waals surface area contributed by atoms with Crippen molar-refractivity contribution >= 4 is 28.4 Å². The summed E-state index contributed by atoms with van der Waals surface area (Å²) < 4.78 is 1.41. The number of aromatic nitrogens is 2. The smallest absolute Gasteiger partial charge is 0.262 e. The molecule has 1 fully saturated rings. The highest BCUT2D eigenvalue weighted by Gasteiger charge is 2.59. The molecule has 3 aliphatic rings. The minimum Gasteiger partial charge on any atom is -0.381 e. The van der Waals surface area contributed by atoms with Crippen molar-refractivity contribution in [2.24, 2.45) is 5.92 Å². The normalized spacial score (nSPS) is 27.2. The number of anilines is 1. The van der Waals surface area contributed by atoms with Crippen molar-refractivity contribution in [3.63, 3.8) is 0 Å². The quantitative estimate of drug-likeness (QED) is 0.529. The van der Waals surface area contributed by atoms with Crippen molar-refractivity contribution in [3.05, 3.63) is 70.3 Å². The molecule has 4 atom stereocenters. The van der Waals surface area contributed by atoms with Crippen molar-refractivity contribution in [1.82, 2.24) is 20.2 Å². The van der Waals surface area contributed by atoms with Crippen LogP contribution in [0.3, 0.4) is 0 Å². The number of fused-ring (bicyclic) bond motifs is 5. The number of benzene rings is 2. The third-order valence-corrected chi connectivity index (χ3v) is 7.36. The van der Waals surface area contributed by atoms with Gasteiger partial charge in [-0.3, -0.25) is 29.2 Å². The van der Waals surface area contributed by atoms with Gasteiger partial charge in [-0.15, -0.1) is 0 Å². The average Bonchev–Trinajstić information content (AvgIpc) is 3.28. The van der Waals surface area contributed by atoms with Crippen molar-refractivity contribution in [2.75, 3.05) is 4.90 Å². The molecule has 180 valence electrons. The van der Waals surface area contributed by atoms with Crippen molar-refractivity contribution in [1.29, 1.82) is 0 Å². The first-order valence-electron chi connectivity index (χ1n) is 12.0. The molecule has 3 aliphatic heterocycles. The average molecular weight is 474 g/mol. The van der Waals surface area contributed by atoms with Gasteiger partial charge in [-0.25, -0.2) is 4.98 Å². The van der Waals surface area contributed by atoms with E-state index in [0.717, 1.165) is 0 Å². The highest BCUT2D eigenvalue weighted by Crippen LogP contribution is 2.49. The Labute approximate surface area is 201 Å². The van der Waals surface area contributed by atoms with Gasteiger partial charge in [0.25, 0.3) is 5.56 Å². The number of nitrogens with one attached hydrogen (secondary N) is 2. The Morgan fingerprint density at radius 2 is 1.86 bits per heavy atom. The number of rotatable bonds is 4. The lowest BCUT2D eigenvalue weighted by atomic mass is 9.85. The summed E-state index contributed by atoms with van der Waals surface area (Å²) in [5.41, 5.74) is -0.140. The van der Waals surface area contributed by atoms with Crippen LogP contribution in [-0.2, 0) is 21.7 Å². The molecule has 9 heteroatoms. The van der Waals surface area contributed by atoms with Gasteiger partial charge in [-0.05, 0) is 30.5 Å². The molecule has 0 bridgehead atoms. The zero-order valence-electron chi connectivity index (χ0n) is 19.6. The van der Waals surface area contributed by atoms with Crippen LogP contribution in [0.2, 0.25) is 0 Å². The molecule has 0 unspecified atom stereocenters. The molecule has 2 amide bonds. The molecule has 1 saturated heterocycles. The first-order valence-corrected chi connectivity index (χ1v) is 12.0. The highest BCUT2D eigenvalue weighted by molar-refractivity contribution is 6.02. The number of carbonyl (C=O) groups excluding carboxylic acids is 2. The second-order valence-corrected chi connectivity index (χ2v) is 10.1. The molecular formula is C26H27N5O4.